The lowest BCUT2D eigenvalue weighted by Gasteiger charge is -2.50. The van der Waals surface area contributed by atoms with Gasteiger partial charge < -0.3 is 35.5 Å². The highest BCUT2D eigenvalue weighted by atomic mass is 16.4. The molecule has 1 heterocycles. The number of aromatic hydroxyl groups is 1. The number of carbonyl (C=O) groups excluding carboxylic acids is 3. The van der Waals surface area contributed by atoms with Crippen molar-refractivity contribution in [1.82, 2.24) is 4.90 Å². The lowest BCUT2D eigenvalue weighted by Crippen LogP contribution is -2.63. The van der Waals surface area contributed by atoms with Gasteiger partial charge in [-0.3, -0.25) is 19.3 Å². The first-order chi connectivity index (χ1) is 19.8. The third-order valence-electron chi connectivity index (χ3n) is 8.87. The van der Waals surface area contributed by atoms with Gasteiger partial charge in [-0.05, 0) is 56.6 Å². The summed E-state index contributed by atoms with van der Waals surface area (Å²) in [6.07, 6.45) is 0.209. The summed E-state index contributed by atoms with van der Waals surface area (Å²) >= 11 is 0. The second-order valence-electron chi connectivity index (χ2n) is 11.7. The van der Waals surface area contributed by atoms with Gasteiger partial charge in [-0.25, -0.2) is 0 Å². The predicted molar refractivity (Wildman–Crippen MR) is 153 cm³/mol. The van der Waals surface area contributed by atoms with Gasteiger partial charge in [0.15, 0.2) is 11.4 Å². The van der Waals surface area contributed by atoms with Crippen LogP contribution in [0.5, 0.6) is 5.75 Å². The number of nitrogens with two attached hydrogens (primary N) is 1. The normalized spacial score (nSPS) is 25.5. The summed E-state index contributed by atoms with van der Waals surface area (Å²) in [5, 5.41) is 46.7. The minimum Gasteiger partial charge on any atom is -0.510 e. The molecule has 0 fully saturated rings. The molecule has 3 aromatic rings. The van der Waals surface area contributed by atoms with E-state index in [2.05, 4.69) is 0 Å². The largest absolute Gasteiger partial charge is 0.510 e. The molecular weight excluding hydrogens is 542 g/mol. The molecule has 3 aliphatic rings. The molecular formula is C31H31N3O8. The number of Topliss-reactive ketones (excluding diaryl/α,β-unsaturated/α-hetero) is 2. The van der Waals surface area contributed by atoms with Gasteiger partial charge in [0, 0.05) is 36.7 Å². The first kappa shape index (κ1) is 27.6. The van der Waals surface area contributed by atoms with E-state index in [4.69, 9.17) is 10.2 Å². The first-order valence-electron chi connectivity index (χ1n) is 13.5. The van der Waals surface area contributed by atoms with E-state index in [1.807, 2.05) is 23.1 Å². The summed E-state index contributed by atoms with van der Waals surface area (Å²) in [6, 6.07) is 9.76. The summed E-state index contributed by atoms with van der Waals surface area (Å²) in [5.41, 5.74) is 3.63. The number of furan rings is 1. The second kappa shape index (κ2) is 9.20. The quantitative estimate of drug-likeness (QED) is 0.292. The standard InChI is InChI=1S/C31H31N3O8/c1-33(2)18-12-16(20-11-13-7-5-6-8-19(13)42-20)25(35)22-15(18)9-14-10-17-24(34(3)4)27(37)23(30(32)40)29(39)31(17,41)28(38)21(14)26(22)36/h5-8,11-12,14,17,24,35,37-38,41H,9-10H2,1-4H3,(H2,32,40)/t14-,17-,24-,31-/m0/s1. The van der Waals surface area contributed by atoms with E-state index in [9.17, 15) is 34.8 Å². The Morgan fingerprint density at radius 2 is 1.76 bits per heavy atom. The smallest absolute Gasteiger partial charge is 0.255 e. The number of allylic oxidation sites excluding steroid dienone is 1. The van der Waals surface area contributed by atoms with Gasteiger partial charge in [0.05, 0.1) is 17.2 Å². The zero-order valence-corrected chi connectivity index (χ0v) is 23.5. The number of benzene rings is 2. The maximum atomic E-state index is 14.2. The molecule has 0 aliphatic heterocycles. The lowest BCUT2D eigenvalue weighted by atomic mass is 9.58. The van der Waals surface area contributed by atoms with Crippen molar-refractivity contribution in [3.63, 3.8) is 0 Å². The van der Waals surface area contributed by atoms with Crippen molar-refractivity contribution in [1.29, 1.82) is 0 Å². The van der Waals surface area contributed by atoms with Crippen LogP contribution < -0.4 is 10.6 Å². The molecule has 11 nitrogen and oxygen atoms in total. The fraction of sp³-hybridized carbons (Fsp3) is 0.323. The topological polar surface area (TPSA) is 178 Å². The zero-order valence-electron chi connectivity index (χ0n) is 23.5. The van der Waals surface area contributed by atoms with Crippen LogP contribution >= 0.6 is 0 Å². The average Bonchev–Trinajstić information content (AvgIpc) is 3.34. The molecule has 1 amide bonds. The number of hydrogen-bond acceptors (Lipinski definition) is 10. The number of rotatable bonds is 4. The van der Waals surface area contributed by atoms with Gasteiger partial charge in [0.25, 0.3) is 5.91 Å². The van der Waals surface area contributed by atoms with Crippen LogP contribution in [0.2, 0.25) is 0 Å². The monoisotopic (exact) mass is 573 g/mol. The molecule has 0 unspecified atom stereocenters. The van der Waals surface area contributed by atoms with E-state index in [0.717, 1.165) is 5.39 Å². The van der Waals surface area contributed by atoms with Crippen LogP contribution in [0, 0.1) is 11.8 Å². The Bertz CT molecular complexity index is 1750. The van der Waals surface area contributed by atoms with E-state index in [1.165, 1.54) is 4.90 Å². The number of nitrogens with zero attached hydrogens (tertiary/aromatic N) is 2. The van der Waals surface area contributed by atoms with E-state index in [1.54, 1.807) is 46.4 Å². The van der Waals surface area contributed by atoms with Crippen LogP contribution in [-0.4, -0.2) is 82.6 Å². The Labute approximate surface area is 240 Å². The van der Waals surface area contributed by atoms with E-state index in [-0.39, 0.29) is 35.3 Å². The van der Waals surface area contributed by atoms with Crippen LogP contribution in [0.3, 0.4) is 0 Å². The number of primary amides is 1. The number of phenolic OH excluding ortho intramolecular Hbond substituents is 1. The van der Waals surface area contributed by atoms with Crippen molar-refractivity contribution in [2.24, 2.45) is 17.6 Å². The number of anilines is 1. The van der Waals surface area contributed by atoms with Crippen molar-refractivity contribution in [2.75, 3.05) is 33.1 Å². The van der Waals surface area contributed by atoms with Gasteiger partial charge in [-0.1, -0.05) is 18.2 Å². The molecule has 218 valence electrons. The Balaban J connectivity index is 1.57. The van der Waals surface area contributed by atoms with Crippen molar-refractivity contribution in [2.45, 2.75) is 24.5 Å². The lowest BCUT2D eigenvalue weighted by molar-refractivity contribution is -0.148. The minimum absolute atomic E-state index is 0.0186. The molecule has 6 N–H and O–H groups in total. The molecule has 0 radical (unpaired) electrons. The Morgan fingerprint density at radius 3 is 2.38 bits per heavy atom. The molecule has 0 saturated heterocycles. The molecule has 0 saturated carbocycles. The highest BCUT2D eigenvalue weighted by molar-refractivity contribution is 6.25. The number of amides is 1. The number of carbonyl (C=O) groups is 3. The number of likely N-dealkylation sites (N-methyl/N-ethyl adjacent to an activating group) is 1. The summed E-state index contributed by atoms with van der Waals surface area (Å²) in [7, 11) is 6.79. The number of ketones is 2. The molecule has 3 aliphatic carbocycles. The summed E-state index contributed by atoms with van der Waals surface area (Å²) in [4.78, 5) is 43.3. The summed E-state index contributed by atoms with van der Waals surface area (Å²) in [6.45, 7) is 0. The van der Waals surface area contributed by atoms with Gasteiger partial charge in [0.1, 0.15) is 34.2 Å². The Morgan fingerprint density at radius 1 is 1.07 bits per heavy atom. The van der Waals surface area contributed by atoms with Crippen molar-refractivity contribution in [3.8, 4) is 17.1 Å². The number of para-hydroxylation sites is 1. The van der Waals surface area contributed by atoms with Crippen molar-refractivity contribution in [3.05, 3.63) is 70.2 Å². The van der Waals surface area contributed by atoms with E-state index in [0.29, 0.717) is 22.6 Å². The van der Waals surface area contributed by atoms with Gasteiger partial charge in [-0.15, -0.1) is 0 Å². The highest BCUT2D eigenvalue weighted by Crippen LogP contribution is 2.54. The molecule has 2 aromatic carbocycles. The number of phenols is 1. The molecule has 0 spiro atoms. The molecule has 4 atom stereocenters. The summed E-state index contributed by atoms with van der Waals surface area (Å²) in [5.74, 6) is -6.57. The fourth-order valence-corrected chi connectivity index (χ4v) is 7.00. The zero-order chi connectivity index (χ0) is 30.4. The Kier molecular flexibility index (Phi) is 6.03. The van der Waals surface area contributed by atoms with E-state index >= 15 is 0 Å². The number of aliphatic hydroxyl groups excluding tert-OH is 2. The third-order valence-corrected chi connectivity index (χ3v) is 8.87. The van der Waals surface area contributed by atoms with Gasteiger partial charge in [0.2, 0.25) is 5.78 Å². The SMILES string of the molecule is CN(C)c1cc(-c2cc3ccccc3o2)c(O)c2c1C[C@H]1C[C@H]3[C@H](N(C)C)C(O)=C(C(N)=O)C(=O)[C@@]3(O)C(O)=C1C2=O. The molecule has 1 aromatic heterocycles. The van der Waals surface area contributed by atoms with Crippen molar-refractivity contribution < 1.29 is 39.2 Å². The average molecular weight is 574 g/mol. The van der Waals surface area contributed by atoms with Crippen LogP contribution in [0.4, 0.5) is 5.69 Å². The van der Waals surface area contributed by atoms with Crippen LogP contribution in [0.25, 0.3) is 22.3 Å². The van der Waals surface area contributed by atoms with Gasteiger partial charge in [-0.2, -0.15) is 0 Å². The highest BCUT2D eigenvalue weighted by Gasteiger charge is 2.63. The Hall–Kier alpha value is -4.61. The maximum Gasteiger partial charge on any atom is 0.255 e. The molecule has 42 heavy (non-hydrogen) atoms. The van der Waals surface area contributed by atoms with E-state index < -0.39 is 58.0 Å². The minimum atomic E-state index is -2.69. The molecule has 6 rings (SSSR count). The number of hydrogen-bond donors (Lipinski definition) is 5. The number of fused-ring (bicyclic) bond motifs is 4. The first-order valence-corrected chi connectivity index (χ1v) is 13.5. The number of aliphatic hydroxyl groups is 3. The molecule has 11 heteroatoms. The van der Waals surface area contributed by atoms with Gasteiger partial charge >= 0.3 is 0 Å². The maximum absolute atomic E-state index is 14.2. The second-order valence-corrected chi connectivity index (χ2v) is 11.7. The fourth-order valence-electron chi connectivity index (χ4n) is 7.00. The van der Waals surface area contributed by atoms with Crippen LogP contribution in [0.15, 0.2) is 63.5 Å². The summed E-state index contributed by atoms with van der Waals surface area (Å²) < 4.78 is 5.99. The predicted octanol–water partition coefficient (Wildman–Crippen LogP) is 2.60. The van der Waals surface area contributed by atoms with Crippen LogP contribution in [0.1, 0.15) is 22.3 Å². The third kappa shape index (κ3) is 3.56. The van der Waals surface area contributed by atoms with Crippen LogP contribution in [-0.2, 0) is 16.0 Å². The molecule has 0 bridgehead atoms. The van der Waals surface area contributed by atoms with Crippen molar-refractivity contribution >= 4 is 34.1 Å².